The molecule has 1 saturated heterocycles. The van der Waals surface area contributed by atoms with E-state index in [9.17, 15) is 5.11 Å². The zero-order valence-corrected chi connectivity index (χ0v) is 12.5. The topological polar surface area (TPSA) is 41.5 Å². The molecule has 2 N–H and O–H groups in total. The van der Waals surface area contributed by atoms with E-state index in [0.29, 0.717) is 19.1 Å². The fourth-order valence-electron chi connectivity index (χ4n) is 2.09. The first-order valence-corrected chi connectivity index (χ1v) is 7.07. The van der Waals surface area contributed by atoms with Gasteiger partial charge in [0.25, 0.3) is 0 Å². The molecule has 18 heavy (non-hydrogen) atoms. The maximum atomic E-state index is 9.41. The van der Waals surface area contributed by atoms with Gasteiger partial charge in [0.05, 0.1) is 25.2 Å². The van der Waals surface area contributed by atoms with Gasteiger partial charge in [-0.05, 0) is 29.7 Å². The average Bonchev–Trinajstić information content (AvgIpc) is 2.29. The summed E-state index contributed by atoms with van der Waals surface area (Å²) in [6.45, 7) is 6.58. The maximum absolute atomic E-state index is 9.41. The lowest BCUT2D eigenvalue weighted by molar-refractivity contribution is -0.128. The Balaban J connectivity index is 2.09. The molecular formula is C14H20BrNO2. The molecule has 2 rings (SSSR count). The Labute approximate surface area is 117 Å². The van der Waals surface area contributed by atoms with E-state index >= 15 is 0 Å². The van der Waals surface area contributed by atoms with Gasteiger partial charge in [0.2, 0.25) is 0 Å². The summed E-state index contributed by atoms with van der Waals surface area (Å²) in [6.07, 6.45) is 0. The number of hydrogen-bond acceptors (Lipinski definition) is 3. The van der Waals surface area contributed by atoms with Crippen molar-refractivity contribution in [2.45, 2.75) is 19.8 Å². The van der Waals surface area contributed by atoms with Crippen molar-refractivity contribution in [1.82, 2.24) is 0 Å². The van der Waals surface area contributed by atoms with Gasteiger partial charge >= 0.3 is 0 Å². The minimum absolute atomic E-state index is 0.0959. The lowest BCUT2D eigenvalue weighted by Gasteiger charge is -2.40. The van der Waals surface area contributed by atoms with Gasteiger partial charge in [-0.1, -0.05) is 29.8 Å². The number of nitrogens with one attached hydrogen (secondary N) is 1. The minimum atomic E-state index is -0.0959. The van der Waals surface area contributed by atoms with E-state index in [1.165, 1.54) is 5.56 Å². The van der Waals surface area contributed by atoms with E-state index < -0.39 is 0 Å². The van der Waals surface area contributed by atoms with Gasteiger partial charge in [-0.25, -0.2) is 0 Å². The Bertz CT molecular complexity index is 411. The zero-order valence-electron chi connectivity index (χ0n) is 10.9. The number of halogens is 1. The molecule has 0 aliphatic carbocycles. The number of anilines is 1. The largest absolute Gasteiger partial charge is 0.396 e. The van der Waals surface area contributed by atoms with E-state index in [1.807, 2.05) is 6.07 Å². The summed E-state index contributed by atoms with van der Waals surface area (Å²) in [5.74, 6) is 0.465. The molecule has 0 bridgehead atoms. The quantitative estimate of drug-likeness (QED) is 0.878. The van der Waals surface area contributed by atoms with Crippen molar-refractivity contribution in [2.24, 2.45) is 5.41 Å². The summed E-state index contributed by atoms with van der Waals surface area (Å²) < 4.78 is 6.30. The summed E-state index contributed by atoms with van der Waals surface area (Å²) in [5, 5.41) is 12.9. The first-order chi connectivity index (χ1) is 8.56. The molecule has 1 heterocycles. The average molecular weight is 314 g/mol. The van der Waals surface area contributed by atoms with Crippen LogP contribution in [-0.4, -0.2) is 31.5 Å². The molecule has 3 nitrogen and oxygen atoms in total. The van der Waals surface area contributed by atoms with E-state index in [4.69, 9.17) is 4.74 Å². The summed E-state index contributed by atoms with van der Waals surface area (Å²) in [5.41, 5.74) is 2.34. The van der Waals surface area contributed by atoms with Crippen LogP contribution in [0.5, 0.6) is 0 Å². The van der Waals surface area contributed by atoms with Crippen LogP contribution in [0.4, 0.5) is 5.69 Å². The summed E-state index contributed by atoms with van der Waals surface area (Å²) in [4.78, 5) is 0. The summed E-state index contributed by atoms with van der Waals surface area (Å²) >= 11 is 3.51. The van der Waals surface area contributed by atoms with Gasteiger partial charge in [-0.3, -0.25) is 0 Å². The molecule has 1 aliphatic rings. The first-order valence-electron chi connectivity index (χ1n) is 6.28. The van der Waals surface area contributed by atoms with E-state index in [2.05, 4.69) is 47.2 Å². The summed E-state index contributed by atoms with van der Waals surface area (Å²) in [6, 6.07) is 6.27. The van der Waals surface area contributed by atoms with Gasteiger partial charge in [-0.2, -0.15) is 0 Å². The third-order valence-corrected chi connectivity index (χ3v) is 3.93. The summed E-state index contributed by atoms with van der Waals surface area (Å²) in [7, 11) is 0. The first kappa shape index (κ1) is 13.8. The minimum Gasteiger partial charge on any atom is -0.396 e. The molecule has 0 spiro atoms. The molecular weight excluding hydrogens is 294 g/mol. The van der Waals surface area contributed by atoms with Crippen molar-refractivity contribution < 1.29 is 9.84 Å². The second-order valence-electron chi connectivity index (χ2n) is 5.39. The molecule has 0 atom stereocenters. The van der Waals surface area contributed by atoms with Crippen LogP contribution < -0.4 is 5.32 Å². The van der Waals surface area contributed by atoms with Gasteiger partial charge < -0.3 is 15.2 Å². The van der Waals surface area contributed by atoms with E-state index in [0.717, 1.165) is 16.7 Å². The third kappa shape index (κ3) is 2.87. The van der Waals surface area contributed by atoms with Crippen LogP contribution in [0.2, 0.25) is 0 Å². The number of aliphatic hydroxyl groups is 1. The molecule has 1 aliphatic heterocycles. The number of hydrogen-bond donors (Lipinski definition) is 2. The predicted octanol–water partition coefficient (Wildman–Crippen LogP) is 2.99. The van der Waals surface area contributed by atoms with Crippen LogP contribution in [0.1, 0.15) is 25.3 Å². The molecule has 1 fully saturated rings. The molecule has 0 amide bonds. The maximum Gasteiger partial charge on any atom is 0.0584 e. The molecule has 0 saturated carbocycles. The fourth-order valence-corrected chi connectivity index (χ4v) is 2.47. The van der Waals surface area contributed by atoms with Crippen LogP contribution in [0.3, 0.4) is 0 Å². The van der Waals surface area contributed by atoms with Crippen molar-refractivity contribution in [3.63, 3.8) is 0 Å². The van der Waals surface area contributed by atoms with Crippen molar-refractivity contribution in [3.05, 3.63) is 28.2 Å². The molecule has 1 aromatic carbocycles. The van der Waals surface area contributed by atoms with Gasteiger partial charge in [0, 0.05) is 16.7 Å². The van der Waals surface area contributed by atoms with E-state index in [1.54, 1.807) is 0 Å². The van der Waals surface area contributed by atoms with Gasteiger partial charge in [-0.15, -0.1) is 0 Å². The Morgan fingerprint density at radius 1 is 1.44 bits per heavy atom. The van der Waals surface area contributed by atoms with E-state index in [-0.39, 0.29) is 12.0 Å². The zero-order chi connectivity index (χ0) is 13.2. The highest BCUT2D eigenvalue weighted by atomic mass is 79.9. The molecule has 100 valence electrons. The second kappa shape index (κ2) is 5.59. The SMILES string of the molecule is CC(C)c1cc(Br)ccc1NCC1(CO)COC1. The fraction of sp³-hybridized carbons (Fsp3) is 0.571. The molecule has 0 radical (unpaired) electrons. The molecule has 1 aromatic rings. The predicted molar refractivity (Wildman–Crippen MR) is 77.1 cm³/mol. The van der Waals surface area contributed by atoms with Crippen molar-refractivity contribution in [1.29, 1.82) is 0 Å². The molecule has 0 unspecified atom stereocenters. The Hall–Kier alpha value is -0.580. The molecule has 4 heteroatoms. The van der Waals surface area contributed by atoms with Crippen LogP contribution in [-0.2, 0) is 4.74 Å². The van der Waals surface area contributed by atoms with Gasteiger partial charge in [0.15, 0.2) is 0 Å². The van der Waals surface area contributed by atoms with Crippen LogP contribution in [0.15, 0.2) is 22.7 Å². The standard InChI is InChI=1S/C14H20BrNO2/c1-10(2)12-5-11(15)3-4-13(12)16-6-14(7-17)8-18-9-14/h3-5,10,16-17H,6-9H2,1-2H3. The Kier molecular flexibility index (Phi) is 4.30. The lowest BCUT2D eigenvalue weighted by atomic mass is 9.86. The highest BCUT2D eigenvalue weighted by Gasteiger charge is 2.37. The monoisotopic (exact) mass is 313 g/mol. The number of rotatable bonds is 5. The van der Waals surface area contributed by atoms with Crippen molar-refractivity contribution in [3.8, 4) is 0 Å². The normalized spacial score (nSPS) is 17.6. The number of ether oxygens (including phenoxy) is 1. The highest BCUT2D eigenvalue weighted by Crippen LogP contribution is 2.31. The number of benzene rings is 1. The highest BCUT2D eigenvalue weighted by molar-refractivity contribution is 9.10. The Morgan fingerprint density at radius 3 is 2.67 bits per heavy atom. The Morgan fingerprint density at radius 2 is 2.17 bits per heavy atom. The van der Waals surface area contributed by atoms with Crippen molar-refractivity contribution >= 4 is 21.6 Å². The van der Waals surface area contributed by atoms with Crippen LogP contribution in [0.25, 0.3) is 0 Å². The lowest BCUT2D eigenvalue weighted by Crippen LogP contribution is -2.50. The van der Waals surface area contributed by atoms with Crippen LogP contribution in [0, 0.1) is 5.41 Å². The molecule has 0 aromatic heterocycles. The third-order valence-electron chi connectivity index (χ3n) is 3.44. The van der Waals surface area contributed by atoms with Gasteiger partial charge in [0.1, 0.15) is 0 Å². The van der Waals surface area contributed by atoms with Crippen molar-refractivity contribution in [2.75, 3.05) is 31.7 Å². The second-order valence-corrected chi connectivity index (χ2v) is 6.31. The van der Waals surface area contributed by atoms with Crippen LogP contribution >= 0.6 is 15.9 Å². The smallest absolute Gasteiger partial charge is 0.0584 e. The number of aliphatic hydroxyl groups excluding tert-OH is 1.